The van der Waals surface area contributed by atoms with Gasteiger partial charge in [-0.05, 0) is 29.3 Å². The van der Waals surface area contributed by atoms with Crippen LogP contribution in [0, 0.1) is 0 Å². The highest BCUT2D eigenvalue weighted by Crippen LogP contribution is 2.18. The Balaban J connectivity index is 2.67. The summed E-state index contributed by atoms with van der Waals surface area (Å²) in [4.78, 5) is 0. The molecule has 0 unspecified atom stereocenters. The Morgan fingerprint density at radius 1 is 1.07 bits per heavy atom. The quantitative estimate of drug-likeness (QED) is 0.614. The largest absolute Gasteiger partial charge is 0.0955 e. The molecule has 0 fully saturated rings. The van der Waals surface area contributed by atoms with E-state index in [1.165, 1.54) is 21.5 Å². The van der Waals surface area contributed by atoms with E-state index >= 15 is 0 Å². The van der Waals surface area contributed by atoms with Gasteiger partial charge in [0.2, 0.25) is 0 Å². The van der Waals surface area contributed by atoms with Crippen LogP contribution in [0.25, 0.3) is 16.3 Å². The summed E-state index contributed by atoms with van der Waals surface area (Å²) in [6.07, 6.45) is 0. The van der Waals surface area contributed by atoms with Crippen molar-refractivity contribution in [2.45, 2.75) is 6.92 Å². The van der Waals surface area contributed by atoms with Crippen LogP contribution in [-0.2, 0) is 0 Å². The molecular formula is C13H14Si. The van der Waals surface area contributed by atoms with E-state index in [4.69, 9.17) is 0 Å². The first-order valence-corrected chi connectivity index (χ1v) is 5.83. The molecule has 0 aliphatic rings. The van der Waals surface area contributed by atoms with E-state index in [1.54, 1.807) is 0 Å². The molecule has 0 N–H and O–H groups in total. The maximum absolute atomic E-state index is 3.96. The Labute approximate surface area is 87.7 Å². The van der Waals surface area contributed by atoms with Crippen LogP contribution in [0.4, 0.5) is 0 Å². The minimum atomic E-state index is 1.12. The molecule has 2 rings (SSSR count). The second kappa shape index (κ2) is 3.43. The summed E-state index contributed by atoms with van der Waals surface area (Å²) in [6, 6.07) is 13.2. The number of rotatable bonds is 1. The average molecular weight is 198 g/mol. The summed E-state index contributed by atoms with van der Waals surface area (Å²) in [5, 5.41) is 4.09. The van der Waals surface area contributed by atoms with Crippen molar-refractivity contribution in [1.82, 2.24) is 0 Å². The highest BCUT2D eigenvalue weighted by molar-refractivity contribution is 6.33. The summed E-state index contributed by atoms with van der Waals surface area (Å²) < 4.78 is 0. The van der Waals surface area contributed by atoms with Crippen LogP contribution in [0.3, 0.4) is 0 Å². The van der Waals surface area contributed by atoms with Gasteiger partial charge in [0.15, 0.2) is 0 Å². The van der Waals surface area contributed by atoms with Gasteiger partial charge in [0.05, 0.1) is 0 Å². The molecule has 0 aliphatic carbocycles. The fourth-order valence-corrected chi connectivity index (χ4v) is 2.11. The van der Waals surface area contributed by atoms with Crippen LogP contribution < -0.4 is 5.19 Å². The van der Waals surface area contributed by atoms with Crippen molar-refractivity contribution in [3.8, 4) is 0 Å². The van der Waals surface area contributed by atoms with Crippen molar-refractivity contribution in [3.63, 3.8) is 0 Å². The SMILES string of the molecule is C=C(C)c1ccc2cc([SiH3])ccc2c1. The number of allylic oxidation sites excluding steroid dienone is 1. The Bertz CT molecular complexity index is 498. The molecule has 0 spiro atoms. The lowest BCUT2D eigenvalue weighted by Gasteiger charge is -2.03. The van der Waals surface area contributed by atoms with Gasteiger partial charge in [-0.25, -0.2) is 0 Å². The Morgan fingerprint density at radius 3 is 2.43 bits per heavy atom. The molecule has 0 saturated heterocycles. The van der Waals surface area contributed by atoms with Gasteiger partial charge < -0.3 is 0 Å². The second-order valence-corrected chi connectivity index (χ2v) is 5.00. The van der Waals surface area contributed by atoms with E-state index in [0.717, 1.165) is 15.8 Å². The van der Waals surface area contributed by atoms with E-state index in [9.17, 15) is 0 Å². The third kappa shape index (κ3) is 1.63. The number of benzene rings is 2. The monoisotopic (exact) mass is 198 g/mol. The number of hydrogen-bond acceptors (Lipinski definition) is 0. The normalized spacial score (nSPS) is 10.6. The zero-order valence-electron chi connectivity index (χ0n) is 8.67. The molecule has 0 nitrogen and oxygen atoms in total. The third-order valence-corrected chi connectivity index (χ3v) is 3.11. The maximum atomic E-state index is 3.96. The standard InChI is InChI=1S/C13H14Si/c1-9(2)10-3-4-12-8-13(14)6-5-11(12)7-10/h3-8H,1H2,2,14H3. The van der Waals surface area contributed by atoms with Crippen molar-refractivity contribution in [1.29, 1.82) is 0 Å². The first-order chi connectivity index (χ1) is 6.66. The van der Waals surface area contributed by atoms with Gasteiger partial charge in [0, 0.05) is 10.2 Å². The number of hydrogen-bond donors (Lipinski definition) is 0. The molecule has 0 radical (unpaired) electrons. The smallest absolute Gasteiger partial charge is 0.0385 e. The lowest BCUT2D eigenvalue weighted by Crippen LogP contribution is -1.99. The summed E-state index contributed by atoms with van der Waals surface area (Å²) in [5.74, 6) is 0. The molecule has 0 bridgehead atoms. The minimum absolute atomic E-state index is 1.12. The van der Waals surface area contributed by atoms with Gasteiger partial charge in [-0.2, -0.15) is 0 Å². The Kier molecular flexibility index (Phi) is 2.26. The van der Waals surface area contributed by atoms with Crippen LogP contribution in [0.1, 0.15) is 12.5 Å². The highest BCUT2D eigenvalue weighted by Gasteiger charge is 1.96. The molecule has 2 aromatic rings. The fourth-order valence-electron chi connectivity index (χ4n) is 1.63. The van der Waals surface area contributed by atoms with Crippen LogP contribution in [-0.4, -0.2) is 10.2 Å². The van der Waals surface area contributed by atoms with E-state index < -0.39 is 0 Å². The third-order valence-electron chi connectivity index (χ3n) is 2.49. The fraction of sp³-hybridized carbons (Fsp3) is 0.0769. The van der Waals surface area contributed by atoms with Crippen molar-refractivity contribution in [3.05, 3.63) is 48.5 Å². The van der Waals surface area contributed by atoms with Crippen molar-refractivity contribution in [2.24, 2.45) is 0 Å². The first-order valence-electron chi connectivity index (χ1n) is 4.83. The molecule has 2 aromatic carbocycles. The molecule has 14 heavy (non-hydrogen) atoms. The van der Waals surface area contributed by atoms with Crippen molar-refractivity contribution in [2.75, 3.05) is 0 Å². The van der Waals surface area contributed by atoms with Gasteiger partial charge >= 0.3 is 0 Å². The highest BCUT2D eigenvalue weighted by atomic mass is 28.1. The molecule has 0 aliphatic heterocycles. The van der Waals surface area contributed by atoms with E-state index in [1.807, 2.05) is 6.92 Å². The zero-order chi connectivity index (χ0) is 10.1. The summed E-state index contributed by atoms with van der Waals surface area (Å²) in [5.41, 5.74) is 2.36. The predicted molar refractivity (Wildman–Crippen MR) is 68.2 cm³/mol. The van der Waals surface area contributed by atoms with Crippen LogP contribution >= 0.6 is 0 Å². The van der Waals surface area contributed by atoms with Crippen molar-refractivity contribution >= 4 is 31.8 Å². The lowest BCUT2D eigenvalue weighted by atomic mass is 10.0. The molecule has 0 amide bonds. The van der Waals surface area contributed by atoms with Crippen LogP contribution in [0.5, 0.6) is 0 Å². The van der Waals surface area contributed by atoms with Crippen LogP contribution in [0.15, 0.2) is 43.0 Å². The first kappa shape index (κ1) is 9.22. The molecule has 1 heteroatoms. The van der Waals surface area contributed by atoms with Gasteiger partial charge in [-0.3, -0.25) is 0 Å². The van der Waals surface area contributed by atoms with Crippen molar-refractivity contribution < 1.29 is 0 Å². The molecule has 0 atom stereocenters. The summed E-state index contributed by atoms with van der Waals surface area (Å²) in [6.45, 7) is 6.00. The van der Waals surface area contributed by atoms with Gasteiger partial charge in [-0.15, -0.1) is 0 Å². The Morgan fingerprint density at radius 2 is 1.71 bits per heavy atom. The molecule has 0 aromatic heterocycles. The Hall–Kier alpha value is -1.34. The van der Waals surface area contributed by atoms with E-state index in [2.05, 4.69) is 43.0 Å². The van der Waals surface area contributed by atoms with Gasteiger partial charge in [-0.1, -0.05) is 47.7 Å². The lowest BCUT2D eigenvalue weighted by molar-refractivity contribution is 1.62. The molecule has 0 saturated carbocycles. The van der Waals surface area contributed by atoms with E-state index in [-0.39, 0.29) is 0 Å². The summed E-state index contributed by atoms with van der Waals surface area (Å²) >= 11 is 0. The predicted octanol–water partition coefficient (Wildman–Crippen LogP) is 1.86. The van der Waals surface area contributed by atoms with Crippen LogP contribution in [0.2, 0.25) is 0 Å². The van der Waals surface area contributed by atoms with Gasteiger partial charge in [0.25, 0.3) is 0 Å². The summed E-state index contributed by atoms with van der Waals surface area (Å²) in [7, 11) is 1.12. The molecule has 0 heterocycles. The minimum Gasteiger partial charge on any atom is -0.0955 e. The topological polar surface area (TPSA) is 0 Å². The average Bonchev–Trinajstić information content (AvgIpc) is 2.16. The second-order valence-electron chi connectivity index (χ2n) is 3.85. The maximum Gasteiger partial charge on any atom is 0.0385 e. The molecular weight excluding hydrogens is 184 g/mol. The van der Waals surface area contributed by atoms with E-state index in [0.29, 0.717) is 0 Å². The molecule has 70 valence electrons. The van der Waals surface area contributed by atoms with Gasteiger partial charge in [0.1, 0.15) is 0 Å². The zero-order valence-corrected chi connectivity index (χ0v) is 10.7. The number of fused-ring (bicyclic) bond motifs is 1.